The zero-order valence-corrected chi connectivity index (χ0v) is 16.0. The van der Waals surface area contributed by atoms with Crippen LogP contribution in [0.2, 0.25) is 5.04 Å². The van der Waals surface area contributed by atoms with Gasteiger partial charge in [-0.15, -0.1) is 0 Å². The summed E-state index contributed by atoms with van der Waals surface area (Å²) in [5.74, 6) is 0. The Kier molecular flexibility index (Phi) is 6.35. The summed E-state index contributed by atoms with van der Waals surface area (Å²) in [6, 6.07) is 20.9. The van der Waals surface area contributed by atoms with Crippen LogP contribution in [-0.2, 0) is 9.16 Å². The summed E-state index contributed by atoms with van der Waals surface area (Å²) in [5.41, 5.74) is 0. The van der Waals surface area contributed by atoms with Crippen molar-refractivity contribution in [3.63, 3.8) is 0 Å². The van der Waals surface area contributed by atoms with Crippen LogP contribution in [0.3, 0.4) is 0 Å². The van der Waals surface area contributed by atoms with Gasteiger partial charge in [-0.2, -0.15) is 0 Å². The largest absolute Gasteiger partial charge is 0.405 e. The maximum atomic E-state index is 9.48. The number of aliphatic hydroxyl groups is 1. The fourth-order valence-corrected chi connectivity index (χ4v) is 7.77. The molecular weight excluding hydrogens is 316 g/mol. The number of aliphatic hydroxyl groups excluding tert-OH is 1. The van der Waals surface area contributed by atoms with Crippen molar-refractivity contribution in [1.29, 1.82) is 0 Å². The van der Waals surface area contributed by atoms with Gasteiger partial charge in [0, 0.05) is 7.11 Å². The van der Waals surface area contributed by atoms with Crippen LogP contribution in [0.1, 0.15) is 20.8 Å². The lowest BCUT2D eigenvalue weighted by molar-refractivity contribution is 0.0138. The number of ether oxygens (including phenoxy) is 1. The molecule has 1 N–H and O–H groups in total. The maximum absolute atomic E-state index is 9.48. The monoisotopic (exact) mass is 344 g/mol. The molecule has 0 saturated carbocycles. The Morgan fingerprint density at radius 1 is 0.917 bits per heavy atom. The molecule has 0 saturated heterocycles. The molecule has 0 radical (unpaired) electrons. The zero-order chi connectivity index (χ0) is 17.6. The highest BCUT2D eigenvalue weighted by atomic mass is 28.4. The zero-order valence-electron chi connectivity index (χ0n) is 15.0. The van der Waals surface area contributed by atoms with Crippen LogP contribution in [0.15, 0.2) is 60.7 Å². The fraction of sp³-hybridized carbons (Fsp3) is 0.400. The van der Waals surface area contributed by atoms with Crippen LogP contribution < -0.4 is 10.4 Å². The molecule has 1 atom stereocenters. The summed E-state index contributed by atoms with van der Waals surface area (Å²) in [7, 11) is -0.929. The van der Waals surface area contributed by atoms with E-state index in [9.17, 15) is 5.11 Å². The van der Waals surface area contributed by atoms with Crippen molar-refractivity contribution in [2.75, 3.05) is 20.3 Å². The molecule has 0 aliphatic heterocycles. The van der Waals surface area contributed by atoms with Crippen molar-refractivity contribution in [2.45, 2.75) is 31.9 Å². The van der Waals surface area contributed by atoms with Crippen LogP contribution >= 0.6 is 0 Å². The molecule has 3 nitrogen and oxygen atoms in total. The minimum atomic E-state index is -2.54. The van der Waals surface area contributed by atoms with Crippen LogP contribution in [0.4, 0.5) is 0 Å². The van der Waals surface area contributed by atoms with Gasteiger partial charge in [-0.3, -0.25) is 0 Å². The van der Waals surface area contributed by atoms with Crippen LogP contribution in [0, 0.1) is 0 Å². The highest BCUT2D eigenvalue weighted by Gasteiger charge is 2.50. The van der Waals surface area contributed by atoms with Gasteiger partial charge in [-0.1, -0.05) is 81.4 Å². The number of methoxy groups -OCH3 is 1. The van der Waals surface area contributed by atoms with Gasteiger partial charge in [0.25, 0.3) is 8.32 Å². The third kappa shape index (κ3) is 3.78. The third-order valence-electron chi connectivity index (χ3n) is 4.44. The van der Waals surface area contributed by atoms with Crippen molar-refractivity contribution in [2.24, 2.45) is 0 Å². The summed E-state index contributed by atoms with van der Waals surface area (Å²) >= 11 is 0. The van der Waals surface area contributed by atoms with E-state index in [1.807, 2.05) is 12.1 Å². The van der Waals surface area contributed by atoms with E-state index in [1.54, 1.807) is 7.11 Å². The summed E-state index contributed by atoms with van der Waals surface area (Å²) in [6.07, 6.45) is -0.313. The lowest BCUT2D eigenvalue weighted by Crippen LogP contribution is -2.67. The number of hydrogen-bond donors (Lipinski definition) is 1. The normalized spacial score (nSPS) is 13.7. The quantitative estimate of drug-likeness (QED) is 0.785. The summed E-state index contributed by atoms with van der Waals surface area (Å²) in [6.45, 7) is 7.04. The number of hydrogen-bond acceptors (Lipinski definition) is 3. The second-order valence-corrected chi connectivity index (χ2v) is 11.3. The molecule has 0 bridgehead atoms. The van der Waals surface area contributed by atoms with Crippen LogP contribution in [0.25, 0.3) is 0 Å². The van der Waals surface area contributed by atoms with E-state index < -0.39 is 8.32 Å². The molecule has 24 heavy (non-hydrogen) atoms. The minimum absolute atomic E-state index is 0.0469. The second-order valence-electron chi connectivity index (χ2n) is 7.01. The van der Waals surface area contributed by atoms with Crippen LogP contribution in [0.5, 0.6) is 0 Å². The van der Waals surface area contributed by atoms with E-state index in [4.69, 9.17) is 9.16 Å². The van der Waals surface area contributed by atoms with Crippen molar-refractivity contribution in [3.05, 3.63) is 60.7 Å². The van der Waals surface area contributed by atoms with Crippen molar-refractivity contribution in [1.82, 2.24) is 0 Å². The molecule has 0 aliphatic rings. The standard InChI is InChI=1S/C20H28O3Si/c1-20(2,3)24(18-11-7-5-8-12-18,19-13-9-6-10-14-19)23-16-17(15-21)22-4/h5-14,17,21H,15-16H2,1-4H3/t17-/m1/s1. The first kappa shape index (κ1) is 18.9. The van der Waals surface area contributed by atoms with Crippen molar-refractivity contribution < 1.29 is 14.3 Å². The van der Waals surface area contributed by atoms with Gasteiger partial charge < -0.3 is 14.3 Å². The Hall–Kier alpha value is -1.46. The van der Waals surface area contributed by atoms with Gasteiger partial charge >= 0.3 is 0 Å². The number of benzene rings is 2. The first-order valence-corrected chi connectivity index (χ1v) is 10.2. The smallest absolute Gasteiger partial charge is 0.261 e. The Morgan fingerprint density at radius 3 is 1.71 bits per heavy atom. The Bertz CT molecular complexity index is 564. The summed E-state index contributed by atoms with van der Waals surface area (Å²) in [5, 5.41) is 11.9. The van der Waals surface area contributed by atoms with E-state index in [0.717, 1.165) is 0 Å². The van der Waals surface area contributed by atoms with Gasteiger partial charge in [0.2, 0.25) is 0 Å². The predicted octanol–water partition coefficient (Wildman–Crippen LogP) is 2.57. The highest BCUT2D eigenvalue weighted by Crippen LogP contribution is 2.36. The van der Waals surface area contributed by atoms with E-state index in [1.165, 1.54) is 10.4 Å². The first-order chi connectivity index (χ1) is 11.5. The van der Waals surface area contributed by atoms with Gasteiger partial charge in [-0.25, -0.2) is 0 Å². The van der Waals surface area contributed by atoms with Crippen molar-refractivity contribution >= 4 is 18.7 Å². The molecule has 0 heterocycles. The SMILES string of the molecule is CO[C@H](CO)CO[Si](c1ccccc1)(c1ccccc1)C(C)(C)C. The van der Waals surface area contributed by atoms with Crippen LogP contribution in [-0.4, -0.2) is 39.9 Å². The van der Waals surface area contributed by atoms with Crippen molar-refractivity contribution in [3.8, 4) is 0 Å². The second kappa shape index (κ2) is 8.08. The molecule has 0 aromatic heterocycles. The molecule has 0 fully saturated rings. The summed E-state index contributed by atoms with van der Waals surface area (Å²) < 4.78 is 12.0. The molecule has 2 rings (SSSR count). The first-order valence-electron chi connectivity index (χ1n) is 8.34. The average Bonchev–Trinajstić information content (AvgIpc) is 2.59. The van der Waals surface area contributed by atoms with E-state index in [-0.39, 0.29) is 17.7 Å². The van der Waals surface area contributed by atoms with E-state index in [2.05, 4.69) is 69.3 Å². The number of rotatable bonds is 7. The van der Waals surface area contributed by atoms with E-state index >= 15 is 0 Å². The molecule has 0 unspecified atom stereocenters. The maximum Gasteiger partial charge on any atom is 0.261 e. The van der Waals surface area contributed by atoms with E-state index in [0.29, 0.717) is 6.61 Å². The Labute approximate surface area is 146 Å². The summed E-state index contributed by atoms with van der Waals surface area (Å²) in [4.78, 5) is 0. The highest BCUT2D eigenvalue weighted by molar-refractivity contribution is 6.99. The van der Waals surface area contributed by atoms with Gasteiger partial charge in [0.1, 0.15) is 6.10 Å². The molecule has 130 valence electrons. The molecule has 2 aromatic rings. The van der Waals surface area contributed by atoms with Gasteiger partial charge in [0.15, 0.2) is 0 Å². The van der Waals surface area contributed by atoms with Gasteiger partial charge in [-0.05, 0) is 15.4 Å². The molecule has 2 aromatic carbocycles. The predicted molar refractivity (Wildman–Crippen MR) is 101 cm³/mol. The Balaban J connectivity index is 2.57. The molecule has 0 aliphatic carbocycles. The third-order valence-corrected chi connectivity index (χ3v) is 9.44. The minimum Gasteiger partial charge on any atom is -0.405 e. The Morgan fingerprint density at radius 2 is 1.38 bits per heavy atom. The fourth-order valence-electron chi connectivity index (χ4n) is 3.17. The lowest BCUT2D eigenvalue weighted by atomic mass is 10.2. The molecule has 0 amide bonds. The lowest BCUT2D eigenvalue weighted by Gasteiger charge is -2.43. The topological polar surface area (TPSA) is 38.7 Å². The molecular formula is C20H28O3Si. The molecule has 0 spiro atoms. The molecule has 4 heteroatoms. The van der Waals surface area contributed by atoms with Gasteiger partial charge in [0.05, 0.1) is 13.2 Å². The average molecular weight is 345 g/mol.